The van der Waals surface area contributed by atoms with Crippen molar-refractivity contribution in [2.24, 2.45) is 0 Å². The molecule has 0 aliphatic carbocycles. The molecule has 0 radical (unpaired) electrons. The number of nitro benzene ring substituents is 1. The van der Waals surface area contributed by atoms with Crippen LogP contribution in [0.4, 0.5) is 17.1 Å². The fraction of sp³-hybridized carbons (Fsp3) is 0.188. The number of sulfonamides is 1. The second-order valence-electron chi connectivity index (χ2n) is 5.51. The highest BCUT2D eigenvalue weighted by Gasteiger charge is 2.30. The fourth-order valence-electron chi connectivity index (χ4n) is 2.37. The number of rotatable bonds is 6. The molecule has 0 saturated heterocycles. The topological polar surface area (TPSA) is 110 Å². The minimum absolute atomic E-state index is 0.0236. The van der Waals surface area contributed by atoms with Gasteiger partial charge in [-0.2, -0.15) is 0 Å². The van der Waals surface area contributed by atoms with Crippen LogP contribution in [0.25, 0.3) is 0 Å². The quantitative estimate of drug-likeness (QED) is 0.595. The number of amides is 1. The second-order valence-corrected chi connectivity index (χ2v) is 7.81. The van der Waals surface area contributed by atoms with E-state index in [0.717, 1.165) is 16.6 Å². The summed E-state index contributed by atoms with van der Waals surface area (Å²) in [6, 6.07) is 10.3. The molecular weight excluding hydrogens is 382 g/mol. The van der Waals surface area contributed by atoms with Gasteiger partial charge in [0, 0.05) is 22.8 Å². The van der Waals surface area contributed by atoms with Crippen LogP contribution in [0.3, 0.4) is 0 Å². The monoisotopic (exact) mass is 397 g/mol. The van der Waals surface area contributed by atoms with E-state index in [1.165, 1.54) is 31.2 Å². The molecule has 2 rings (SSSR count). The number of carbonyl (C=O) groups is 1. The molecule has 0 unspecified atom stereocenters. The minimum atomic E-state index is -3.88. The standard InChI is InChI=1S/C16H16ClN3O5S/c1-11(16(21)18-13-6-3-5-12(17)9-13)19(26(2,24)25)14-7-4-8-15(10-14)20(22)23/h3-11H,1-2H3,(H,18,21)/t11-/m1/s1. The highest BCUT2D eigenvalue weighted by atomic mass is 35.5. The van der Waals surface area contributed by atoms with Crippen LogP contribution >= 0.6 is 11.6 Å². The number of benzene rings is 2. The molecule has 0 saturated carbocycles. The lowest BCUT2D eigenvalue weighted by Crippen LogP contribution is -2.45. The predicted molar refractivity (Wildman–Crippen MR) is 100.0 cm³/mol. The molecule has 0 spiro atoms. The van der Waals surface area contributed by atoms with Crippen molar-refractivity contribution in [2.45, 2.75) is 13.0 Å². The predicted octanol–water partition coefficient (Wildman–Crippen LogP) is 3.04. The Hall–Kier alpha value is -2.65. The summed E-state index contributed by atoms with van der Waals surface area (Å²) < 4.78 is 25.3. The molecule has 1 atom stereocenters. The summed E-state index contributed by atoms with van der Waals surface area (Å²) in [7, 11) is -3.88. The number of halogens is 1. The van der Waals surface area contributed by atoms with E-state index in [4.69, 9.17) is 11.6 Å². The van der Waals surface area contributed by atoms with Gasteiger partial charge in [-0.3, -0.25) is 19.2 Å². The number of non-ortho nitro benzene ring substituents is 1. The van der Waals surface area contributed by atoms with Gasteiger partial charge in [-0.05, 0) is 31.2 Å². The van der Waals surface area contributed by atoms with E-state index in [0.29, 0.717) is 10.7 Å². The Morgan fingerprint density at radius 1 is 1.23 bits per heavy atom. The zero-order valence-corrected chi connectivity index (χ0v) is 15.5. The van der Waals surface area contributed by atoms with Gasteiger partial charge in [-0.15, -0.1) is 0 Å². The van der Waals surface area contributed by atoms with Crippen molar-refractivity contribution in [1.82, 2.24) is 0 Å². The van der Waals surface area contributed by atoms with E-state index in [-0.39, 0.29) is 11.4 Å². The second kappa shape index (κ2) is 7.71. The molecule has 0 bridgehead atoms. The smallest absolute Gasteiger partial charge is 0.271 e. The van der Waals surface area contributed by atoms with E-state index in [9.17, 15) is 23.3 Å². The highest BCUT2D eigenvalue weighted by molar-refractivity contribution is 7.92. The van der Waals surface area contributed by atoms with Gasteiger partial charge in [0.1, 0.15) is 6.04 Å². The first-order chi connectivity index (χ1) is 12.1. The number of nitrogens with zero attached hydrogens (tertiary/aromatic N) is 2. The Balaban J connectivity index is 2.36. The first kappa shape index (κ1) is 19.7. The number of nitrogens with one attached hydrogen (secondary N) is 1. The third kappa shape index (κ3) is 4.70. The summed E-state index contributed by atoms with van der Waals surface area (Å²) in [5.74, 6) is -0.607. The van der Waals surface area contributed by atoms with Crippen molar-refractivity contribution < 1.29 is 18.1 Å². The van der Waals surface area contributed by atoms with Crippen LogP contribution in [0, 0.1) is 10.1 Å². The molecule has 8 nitrogen and oxygen atoms in total. The summed E-state index contributed by atoms with van der Waals surface area (Å²) in [5, 5.41) is 13.9. The van der Waals surface area contributed by atoms with Crippen molar-refractivity contribution in [3.05, 3.63) is 63.7 Å². The normalized spacial score (nSPS) is 12.3. The third-order valence-electron chi connectivity index (χ3n) is 3.48. The van der Waals surface area contributed by atoms with E-state index in [1.807, 2.05) is 0 Å². The Morgan fingerprint density at radius 3 is 2.46 bits per heavy atom. The molecule has 26 heavy (non-hydrogen) atoms. The molecule has 2 aromatic carbocycles. The molecule has 0 aliphatic heterocycles. The van der Waals surface area contributed by atoms with E-state index in [1.54, 1.807) is 18.2 Å². The maximum atomic E-state index is 12.5. The number of nitro groups is 1. The van der Waals surface area contributed by atoms with Crippen molar-refractivity contribution in [1.29, 1.82) is 0 Å². The average Bonchev–Trinajstić information content (AvgIpc) is 2.53. The van der Waals surface area contributed by atoms with Crippen LogP contribution < -0.4 is 9.62 Å². The van der Waals surface area contributed by atoms with Gasteiger partial charge in [-0.25, -0.2) is 8.42 Å². The highest BCUT2D eigenvalue weighted by Crippen LogP contribution is 2.26. The van der Waals surface area contributed by atoms with E-state index >= 15 is 0 Å². The maximum absolute atomic E-state index is 12.5. The molecule has 0 aliphatic rings. The summed E-state index contributed by atoms with van der Waals surface area (Å²) in [6.07, 6.45) is 0.926. The van der Waals surface area contributed by atoms with Gasteiger partial charge in [0.2, 0.25) is 15.9 Å². The fourth-order valence-corrected chi connectivity index (χ4v) is 3.72. The lowest BCUT2D eigenvalue weighted by atomic mass is 10.2. The minimum Gasteiger partial charge on any atom is -0.324 e. The Bertz CT molecular complexity index is 948. The van der Waals surface area contributed by atoms with Gasteiger partial charge in [0.25, 0.3) is 5.69 Å². The van der Waals surface area contributed by atoms with Crippen molar-refractivity contribution in [3.8, 4) is 0 Å². The molecule has 2 aromatic rings. The number of carbonyl (C=O) groups excluding carboxylic acids is 1. The van der Waals surface area contributed by atoms with Gasteiger partial charge < -0.3 is 5.32 Å². The van der Waals surface area contributed by atoms with E-state index < -0.39 is 26.9 Å². The number of anilines is 2. The summed E-state index contributed by atoms with van der Waals surface area (Å²) in [6.45, 7) is 1.39. The lowest BCUT2D eigenvalue weighted by molar-refractivity contribution is -0.384. The zero-order valence-electron chi connectivity index (χ0n) is 13.9. The van der Waals surface area contributed by atoms with Gasteiger partial charge >= 0.3 is 0 Å². The van der Waals surface area contributed by atoms with Crippen LogP contribution in [-0.2, 0) is 14.8 Å². The first-order valence-electron chi connectivity index (χ1n) is 7.40. The molecular formula is C16H16ClN3O5S. The zero-order chi connectivity index (χ0) is 19.5. The van der Waals surface area contributed by atoms with Crippen molar-refractivity contribution in [2.75, 3.05) is 15.9 Å². The van der Waals surface area contributed by atoms with Gasteiger partial charge in [0.05, 0.1) is 16.9 Å². The SMILES string of the molecule is C[C@H](C(=O)Nc1cccc(Cl)c1)N(c1cccc([N+](=O)[O-])c1)S(C)(=O)=O. The lowest BCUT2D eigenvalue weighted by Gasteiger charge is -2.28. The third-order valence-corrected chi connectivity index (χ3v) is 4.95. The molecule has 0 heterocycles. The Kier molecular flexibility index (Phi) is 5.83. The van der Waals surface area contributed by atoms with Crippen LogP contribution in [0.15, 0.2) is 48.5 Å². The van der Waals surface area contributed by atoms with Crippen LogP contribution in [0.2, 0.25) is 5.02 Å². The molecule has 0 fully saturated rings. The largest absolute Gasteiger partial charge is 0.324 e. The summed E-state index contributed by atoms with van der Waals surface area (Å²) in [4.78, 5) is 22.8. The van der Waals surface area contributed by atoms with Gasteiger partial charge in [-0.1, -0.05) is 23.7 Å². The first-order valence-corrected chi connectivity index (χ1v) is 9.62. The molecule has 0 aromatic heterocycles. The number of hydrogen-bond acceptors (Lipinski definition) is 5. The van der Waals surface area contributed by atoms with Crippen molar-refractivity contribution >= 4 is 44.6 Å². The molecule has 1 amide bonds. The number of hydrogen-bond donors (Lipinski definition) is 1. The average molecular weight is 398 g/mol. The molecule has 138 valence electrons. The Labute approximate surface area is 155 Å². The van der Waals surface area contributed by atoms with Crippen LogP contribution in [0.5, 0.6) is 0 Å². The Morgan fingerprint density at radius 2 is 1.88 bits per heavy atom. The van der Waals surface area contributed by atoms with Gasteiger partial charge in [0.15, 0.2) is 0 Å². The summed E-state index contributed by atoms with van der Waals surface area (Å²) in [5.41, 5.74) is 0.149. The van der Waals surface area contributed by atoms with E-state index in [2.05, 4.69) is 5.32 Å². The van der Waals surface area contributed by atoms with Crippen molar-refractivity contribution in [3.63, 3.8) is 0 Å². The molecule has 10 heteroatoms. The summed E-state index contributed by atoms with van der Waals surface area (Å²) >= 11 is 5.86. The van der Waals surface area contributed by atoms with Crippen LogP contribution in [-0.4, -0.2) is 31.5 Å². The van der Waals surface area contributed by atoms with Crippen LogP contribution in [0.1, 0.15) is 6.92 Å². The maximum Gasteiger partial charge on any atom is 0.271 e. The molecule has 1 N–H and O–H groups in total.